The van der Waals surface area contributed by atoms with Crippen LogP contribution in [0.3, 0.4) is 0 Å². The van der Waals surface area contributed by atoms with E-state index >= 15 is 0 Å². The van der Waals surface area contributed by atoms with Crippen LogP contribution in [0.25, 0.3) is 21.9 Å². The monoisotopic (exact) mass is 779 g/mol. The summed E-state index contributed by atoms with van der Waals surface area (Å²) in [6.07, 6.45) is 6.68. The van der Waals surface area contributed by atoms with Crippen molar-refractivity contribution < 1.29 is 38.2 Å². The van der Waals surface area contributed by atoms with Crippen LogP contribution in [0.5, 0.6) is 0 Å². The molecule has 310 valence electrons. The van der Waals surface area contributed by atoms with Gasteiger partial charge in [-0.2, -0.15) is 0 Å². The fourth-order valence-corrected chi connectivity index (χ4v) is 6.79. The van der Waals surface area contributed by atoms with Crippen LogP contribution in [-0.2, 0) is 51.1 Å². The molecule has 0 fully saturated rings. The molecule has 2 aromatic heterocycles. The van der Waals surface area contributed by atoms with Gasteiger partial charge in [-0.1, -0.05) is 38.5 Å². The number of benzene rings is 1. The van der Waals surface area contributed by atoms with E-state index in [9.17, 15) is 24.0 Å². The number of Topliss-reactive ketones (excluding diaryl/α,β-unsaturated/α-hetero) is 3. The Labute approximate surface area is 332 Å². The van der Waals surface area contributed by atoms with Gasteiger partial charge >= 0.3 is 5.97 Å². The summed E-state index contributed by atoms with van der Waals surface area (Å²) in [6.45, 7) is 11.5. The van der Waals surface area contributed by atoms with Gasteiger partial charge in [0.15, 0.2) is 5.82 Å². The number of hydrogen-bond donors (Lipinski definition) is 2. The maximum atomic E-state index is 13.3. The quantitative estimate of drug-likeness (QED) is 0.0563. The maximum absolute atomic E-state index is 13.3. The highest BCUT2D eigenvalue weighted by Gasteiger charge is 2.30. The highest BCUT2D eigenvalue weighted by Crippen LogP contribution is 2.30. The van der Waals surface area contributed by atoms with Crippen molar-refractivity contribution in [1.82, 2.24) is 19.9 Å². The summed E-state index contributed by atoms with van der Waals surface area (Å²) in [6, 6.07) is 7.97. The number of nitrogens with two attached hydrogens (primary N) is 1. The van der Waals surface area contributed by atoms with Crippen molar-refractivity contribution in [2.24, 2.45) is 17.3 Å². The van der Waals surface area contributed by atoms with E-state index < -0.39 is 17.3 Å². The third-order valence-corrected chi connectivity index (χ3v) is 10.5. The fraction of sp³-hybridized carbons (Fsp3) is 0.651. The number of carbonyl (C=O) groups is 5. The van der Waals surface area contributed by atoms with Crippen LogP contribution < -0.4 is 11.1 Å². The van der Waals surface area contributed by atoms with E-state index in [-0.39, 0.29) is 74.5 Å². The number of aryl methyl sites for hydroxylation is 2. The van der Waals surface area contributed by atoms with Crippen LogP contribution in [0.2, 0.25) is 0 Å². The summed E-state index contributed by atoms with van der Waals surface area (Å²) in [4.78, 5) is 73.3. The molecule has 0 bridgehead atoms. The zero-order valence-electron chi connectivity index (χ0n) is 34.6. The molecule has 3 rings (SSSR count). The van der Waals surface area contributed by atoms with Crippen LogP contribution >= 0.6 is 0 Å². The predicted octanol–water partition coefficient (Wildman–Crippen LogP) is 6.74. The number of methoxy groups -OCH3 is 1. The van der Waals surface area contributed by atoms with E-state index in [1.54, 1.807) is 21.0 Å². The third kappa shape index (κ3) is 14.4. The molecule has 0 aliphatic carbocycles. The Morgan fingerprint density at radius 2 is 1.64 bits per heavy atom. The Bertz CT molecular complexity index is 1750. The second kappa shape index (κ2) is 23.7. The Morgan fingerprint density at radius 3 is 2.36 bits per heavy atom. The van der Waals surface area contributed by atoms with Gasteiger partial charge in [-0.15, -0.1) is 0 Å². The number of imidazole rings is 1. The smallest absolute Gasteiger partial charge is 0.311 e. The van der Waals surface area contributed by atoms with Crippen LogP contribution in [0.4, 0.5) is 5.82 Å². The van der Waals surface area contributed by atoms with Crippen molar-refractivity contribution >= 4 is 57.0 Å². The van der Waals surface area contributed by atoms with Crippen molar-refractivity contribution in [3.8, 4) is 0 Å². The first-order chi connectivity index (χ1) is 26.8. The number of hydrogen-bond acceptors (Lipinski definition) is 11. The fourth-order valence-electron chi connectivity index (χ4n) is 6.79. The van der Waals surface area contributed by atoms with Gasteiger partial charge in [-0.3, -0.25) is 24.0 Å². The molecule has 0 saturated heterocycles. The molecular formula is C43H65N5O8. The first-order valence-corrected chi connectivity index (χ1v) is 20.4. The lowest BCUT2D eigenvalue weighted by molar-refractivity contribution is -0.156. The summed E-state index contributed by atoms with van der Waals surface area (Å²) in [5.41, 5.74) is 8.07. The lowest BCUT2D eigenvalue weighted by Crippen LogP contribution is -2.29. The van der Waals surface area contributed by atoms with Gasteiger partial charge in [-0.05, 0) is 71.8 Å². The first kappa shape index (κ1) is 46.2. The number of amides is 1. The maximum Gasteiger partial charge on any atom is 0.311 e. The number of ketones is 3. The van der Waals surface area contributed by atoms with Crippen molar-refractivity contribution in [1.29, 1.82) is 0 Å². The third-order valence-electron chi connectivity index (χ3n) is 10.5. The van der Waals surface area contributed by atoms with Gasteiger partial charge in [0.05, 0.1) is 36.3 Å². The molecule has 0 aliphatic rings. The standard InChI is InChI=1S/C43H65N5O8/c1-7-9-16-37-47-39-40(34-14-10-11-15-35(34)46-41(39)44)48(37)24-13-12-23-45-38(52)20-18-31(8-2)36(51)29-32(30(3)49)17-19-33(50)21-22-43(4,5)42(53)56-28-27-55-26-25-54-6/h10-11,14-15,31-32H,7-9,12-13,16-29H2,1-6H3,(H2,44,46)(H,45,52). The number of carbonyl (C=O) groups excluding carboxylic acids is 5. The number of nitrogen functional groups attached to an aromatic ring is 1. The van der Waals surface area contributed by atoms with Crippen LogP contribution in [0.15, 0.2) is 24.3 Å². The molecule has 2 unspecified atom stereocenters. The number of aromatic nitrogens is 3. The molecule has 2 heterocycles. The van der Waals surface area contributed by atoms with Gasteiger partial charge in [-0.25, -0.2) is 9.97 Å². The molecule has 2 atom stereocenters. The number of fused-ring (bicyclic) bond motifs is 3. The van der Waals surface area contributed by atoms with E-state index in [0.717, 1.165) is 66.4 Å². The van der Waals surface area contributed by atoms with Crippen molar-refractivity contribution in [3.63, 3.8) is 0 Å². The largest absolute Gasteiger partial charge is 0.463 e. The van der Waals surface area contributed by atoms with E-state index in [1.807, 2.05) is 25.1 Å². The molecule has 13 nitrogen and oxygen atoms in total. The topological polar surface area (TPSA) is 182 Å². The zero-order valence-corrected chi connectivity index (χ0v) is 34.6. The molecule has 1 amide bonds. The highest BCUT2D eigenvalue weighted by molar-refractivity contribution is 6.06. The molecule has 0 radical (unpaired) electrons. The average Bonchev–Trinajstić information content (AvgIpc) is 3.54. The number of para-hydroxylation sites is 1. The van der Waals surface area contributed by atoms with Crippen LogP contribution in [-0.4, -0.2) is 83.8 Å². The molecule has 0 spiro atoms. The number of anilines is 1. The average molecular weight is 780 g/mol. The minimum absolute atomic E-state index is 0.0488. The van der Waals surface area contributed by atoms with Gasteiger partial charge < -0.3 is 29.8 Å². The van der Waals surface area contributed by atoms with E-state index in [1.165, 1.54) is 6.92 Å². The molecule has 56 heavy (non-hydrogen) atoms. The van der Waals surface area contributed by atoms with E-state index in [2.05, 4.69) is 27.9 Å². The minimum Gasteiger partial charge on any atom is -0.463 e. The summed E-state index contributed by atoms with van der Waals surface area (Å²) >= 11 is 0. The number of nitrogens with zero attached hydrogens (tertiary/aromatic N) is 3. The summed E-state index contributed by atoms with van der Waals surface area (Å²) in [7, 11) is 1.58. The Balaban J connectivity index is 1.41. The van der Waals surface area contributed by atoms with E-state index in [4.69, 9.17) is 24.9 Å². The highest BCUT2D eigenvalue weighted by atomic mass is 16.6. The zero-order chi connectivity index (χ0) is 41.1. The number of pyridine rings is 1. The van der Waals surface area contributed by atoms with Gasteiger partial charge in [0, 0.05) is 69.5 Å². The predicted molar refractivity (Wildman–Crippen MR) is 218 cm³/mol. The van der Waals surface area contributed by atoms with Crippen molar-refractivity contribution in [3.05, 3.63) is 30.1 Å². The Hall–Kier alpha value is -4.23. The van der Waals surface area contributed by atoms with Crippen molar-refractivity contribution in [2.45, 2.75) is 125 Å². The van der Waals surface area contributed by atoms with Gasteiger partial charge in [0.1, 0.15) is 35.3 Å². The van der Waals surface area contributed by atoms with Gasteiger partial charge in [0.2, 0.25) is 5.91 Å². The SMILES string of the molecule is CCCCc1nc2c(N)nc3ccccc3c2n1CCCCNC(=O)CCC(CC)C(=O)CC(CCC(=O)CCC(C)(C)C(=O)OCCOCCOC)C(C)=O. The lowest BCUT2D eigenvalue weighted by Gasteiger charge is -2.22. The summed E-state index contributed by atoms with van der Waals surface area (Å²) < 4.78 is 17.8. The molecule has 1 aromatic carbocycles. The number of nitrogens with one attached hydrogen (secondary N) is 1. The Kier molecular flexibility index (Phi) is 19.6. The molecule has 3 aromatic rings. The summed E-state index contributed by atoms with van der Waals surface area (Å²) in [5, 5.41) is 4.03. The number of ether oxygens (including phenoxy) is 3. The number of rotatable bonds is 29. The minimum atomic E-state index is -0.851. The van der Waals surface area contributed by atoms with E-state index in [0.29, 0.717) is 44.8 Å². The molecule has 3 N–H and O–H groups in total. The second-order valence-electron chi connectivity index (χ2n) is 15.4. The molecular weight excluding hydrogens is 715 g/mol. The van der Waals surface area contributed by atoms with Crippen LogP contribution in [0.1, 0.15) is 117 Å². The lowest BCUT2D eigenvalue weighted by atomic mass is 9.84. The normalized spacial score (nSPS) is 12.8. The van der Waals surface area contributed by atoms with Crippen molar-refractivity contribution in [2.75, 3.05) is 45.8 Å². The number of unbranched alkanes of at least 4 members (excludes halogenated alkanes) is 2. The van der Waals surface area contributed by atoms with Crippen LogP contribution in [0, 0.1) is 17.3 Å². The van der Waals surface area contributed by atoms with Gasteiger partial charge in [0.25, 0.3) is 0 Å². The Morgan fingerprint density at radius 1 is 0.911 bits per heavy atom. The summed E-state index contributed by atoms with van der Waals surface area (Å²) in [5.74, 6) is -0.239. The first-order valence-electron chi connectivity index (χ1n) is 20.4. The molecule has 0 saturated carbocycles. The molecule has 13 heteroatoms. The number of esters is 1. The molecule has 0 aliphatic heterocycles. The second-order valence-corrected chi connectivity index (χ2v) is 15.4.